The van der Waals surface area contributed by atoms with Gasteiger partial charge in [-0.15, -0.1) is 5.10 Å². The van der Waals surface area contributed by atoms with E-state index >= 15 is 0 Å². The van der Waals surface area contributed by atoms with Crippen molar-refractivity contribution in [3.63, 3.8) is 0 Å². The Hall–Kier alpha value is -4.01. The number of nitrogens with one attached hydrogen (secondary N) is 2. The summed E-state index contributed by atoms with van der Waals surface area (Å²) in [5, 5.41) is 24.6. The predicted molar refractivity (Wildman–Crippen MR) is 107 cm³/mol. The summed E-state index contributed by atoms with van der Waals surface area (Å²) in [5.41, 5.74) is 2.59. The number of rotatable bonds is 6. The minimum atomic E-state index is -0.508. The largest absolute Gasteiger partial charge is 0.376 e. The van der Waals surface area contributed by atoms with Crippen molar-refractivity contribution < 1.29 is 9.72 Å². The van der Waals surface area contributed by atoms with Gasteiger partial charge in [0.25, 0.3) is 11.6 Å². The molecule has 0 radical (unpaired) electrons. The second-order valence-electron chi connectivity index (χ2n) is 6.15. The Morgan fingerprint density at radius 3 is 2.29 bits per heavy atom. The zero-order valence-corrected chi connectivity index (χ0v) is 15.3. The molecule has 1 amide bonds. The van der Waals surface area contributed by atoms with Gasteiger partial charge in [-0.3, -0.25) is 14.9 Å². The monoisotopic (exact) mass is 378 g/mol. The molecule has 0 aliphatic heterocycles. The normalized spacial score (nSPS) is 10.2. The van der Waals surface area contributed by atoms with Gasteiger partial charge >= 0.3 is 0 Å². The van der Waals surface area contributed by atoms with E-state index in [1.807, 2.05) is 25.1 Å². The molecular formula is C19H18N6O3. The van der Waals surface area contributed by atoms with Gasteiger partial charge in [-0.25, -0.2) is 0 Å². The number of benzene rings is 2. The quantitative estimate of drug-likeness (QED) is 0.499. The van der Waals surface area contributed by atoms with Gasteiger partial charge in [0.05, 0.1) is 16.8 Å². The molecule has 3 aromatic rings. The average molecular weight is 378 g/mol. The van der Waals surface area contributed by atoms with Crippen molar-refractivity contribution in [2.24, 2.45) is 0 Å². The maximum absolute atomic E-state index is 12.3. The average Bonchev–Trinajstić information content (AvgIpc) is 2.69. The van der Waals surface area contributed by atoms with Crippen molar-refractivity contribution in [3.05, 3.63) is 76.5 Å². The van der Waals surface area contributed by atoms with Gasteiger partial charge < -0.3 is 15.5 Å². The topological polar surface area (TPSA) is 113 Å². The molecule has 9 nitrogen and oxygen atoms in total. The number of non-ortho nitro benzene ring substituents is 1. The summed E-state index contributed by atoms with van der Waals surface area (Å²) in [4.78, 5) is 24.3. The molecule has 2 N–H and O–H groups in total. The highest BCUT2D eigenvalue weighted by Crippen LogP contribution is 2.20. The summed E-state index contributed by atoms with van der Waals surface area (Å²) >= 11 is 0. The highest BCUT2D eigenvalue weighted by molar-refractivity contribution is 6.04. The summed E-state index contributed by atoms with van der Waals surface area (Å²) in [6, 6.07) is 14.4. The van der Waals surface area contributed by atoms with Gasteiger partial charge in [-0.05, 0) is 36.4 Å². The van der Waals surface area contributed by atoms with Gasteiger partial charge in [-0.2, -0.15) is 5.10 Å². The lowest BCUT2D eigenvalue weighted by Gasteiger charge is -2.13. The van der Waals surface area contributed by atoms with E-state index in [4.69, 9.17) is 0 Å². The highest BCUT2D eigenvalue weighted by Gasteiger charge is 2.10. The van der Waals surface area contributed by atoms with Crippen molar-refractivity contribution in [3.8, 4) is 0 Å². The predicted octanol–water partition coefficient (Wildman–Crippen LogP) is 3.45. The van der Waals surface area contributed by atoms with Crippen LogP contribution in [0.3, 0.4) is 0 Å². The Labute approximate surface area is 161 Å². The van der Waals surface area contributed by atoms with Crippen LogP contribution in [0.2, 0.25) is 0 Å². The Morgan fingerprint density at radius 2 is 1.68 bits per heavy atom. The van der Waals surface area contributed by atoms with Crippen LogP contribution >= 0.6 is 0 Å². The van der Waals surface area contributed by atoms with E-state index in [-0.39, 0.29) is 11.6 Å². The Kier molecular flexibility index (Phi) is 5.45. The van der Waals surface area contributed by atoms with Gasteiger partial charge in [0, 0.05) is 49.2 Å². The van der Waals surface area contributed by atoms with E-state index in [0.717, 1.165) is 11.4 Å². The molecule has 9 heteroatoms. The number of aromatic nitrogens is 2. The van der Waals surface area contributed by atoms with Crippen molar-refractivity contribution in [2.75, 3.05) is 29.6 Å². The third kappa shape index (κ3) is 4.58. The van der Waals surface area contributed by atoms with Crippen LogP contribution in [-0.2, 0) is 0 Å². The lowest BCUT2D eigenvalue weighted by molar-refractivity contribution is -0.384. The molecule has 0 fully saturated rings. The molecule has 2 aromatic carbocycles. The van der Waals surface area contributed by atoms with Crippen molar-refractivity contribution in [2.45, 2.75) is 0 Å². The summed E-state index contributed by atoms with van der Waals surface area (Å²) in [6.45, 7) is 0. The number of carbonyl (C=O) groups is 1. The first-order valence-electron chi connectivity index (χ1n) is 8.35. The molecule has 0 saturated carbocycles. The maximum Gasteiger partial charge on any atom is 0.269 e. The lowest BCUT2D eigenvalue weighted by Crippen LogP contribution is -2.11. The molecule has 0 unspecified atom stereocenters. The van der Waals surface area contributed by atoms with Crippen molar-refractivity contribution in [1.82, 2.24) is 10.2 Å². The number of nitrogens with zero attached hydrogens (tertiary/aromatic N) is 4. The van der Waals surface area contributed by atoms with Crippen molar-refractivity contribution in [1.29, 1.82) is 0 Å². The summed E-state index contributed by atoms with van der Waals surface area (Å²) in [7, 11) is 3.84. The lowest BCUT2D eigenvalue weighted by atomic mass is 10.2. The van der Waals surface area contributed by atoms with E-state index < -0.39 is 4.92 Å². The highest BCUT2D eigenvalue weighted by atomic mass is 16.6. The van der Waals surface area contributed by atoms with Gasteiger partial charge in [-0.1, -0.05) is 0 Å². The minimum Gasteiger partial charge on any atom is -0.376 e. The van der Waals surface area contributed by atoms with Gasteiger partial charge in [0.15, 0.2) is 5.82 Å². The molecule has 28 heavy (non-hydrogen) atoms. The standard InChI is InChI=1S/C19H18N6O3/c1-24(2)17-11-18(23-20-12-17)21-14-5-7-15(8-6-14)22-19(26)13-3-9-16(10-4-13)25(27)28/h3-12H,1-2H3,(H,21,23)(H,22,26). The van der Waals surface area contributed by atoms with E-state index in [2.05, 4.69) is 20.8 Å². The summed E-state index contributed by atoms with van der Waals surface area (Å²) < 4.78 is 0. The third-order valence-electron chi connectivity index (χ3n) is 3.91. The van der Waals surface area contributed by atoms with Crippen LogP contribution in [0.25, 0.3) is 0 Å². The van der Waals surface area contributed by atoms with Crippen LogP contribution in [0.15, 0.2) is 60.8 Å². The van der Waals surface area contributed by atoms with Crippen LogP contribution in [0, 0.1) is 10.1 Å². The SMILES string of the molecule is CN(C)c1cnnc(Nc2ccc(NC(=O)c3ccc([N+](=O)[O-])cc3)cc2)c1. The van der Waals surface area contributed by atoms with Crippen LogP contribution in [0.1, 0.15) is 10.4 Å². The molecule has 0 spiro atoms. The summed E-state index contributed by atoms with van der Waals surface area (Å²) in [6.07, 6.45) is 1.67. The van der Waals surface area contributed by atoms with Crippen LogP contribution in [-0.4, -0.2) is 35.1 Å². The Balaban J connectivity index is 1.64. The molecular weight excluding hydrogens is 360 g/mol. The number of nitro benzene ring substituents is 1. The fourth-order valence-electron chi connectivity index (χ4n) is 2.38. The molecule has 0 atom stereocenters. The first-order chi connectivity index (χ1) is 13.4. The maximum atomic E-state index is 12.3. The van der Waals surface area contributed by atoms with Gasteiger partial charge in [0.1, 0.15) is 0 Å². The van der Waals surface area contributed by atoms with E-state index in [0.29, 0.717) is 17.1 Å². The Morgan fingerprint density at radius 1 is 1.04 bits per heavy atom. The van der Waals surface area contributed by atoms with E-state index in [9.17, 15) is 14.9 Å². The van der Waals surface area contributed by atoms with E-state index in [1.54, 1.807) is 30.5 Å². The molecule has 0 aliphatic carbocycles. The smallest absolute Gasteiger partial charge is 0.269 e. The van der Waals surface area contributed by atoms with Crippen LogP contribution in [0.5, 0.6) is 0 Å². The van der Waals surface area contributed by atoms with Crippen LogP contribution in [0.4, 0.5) is 28.6 Å². The van der Waals surface area contributed by atoms with Crippen molar-refractivity contribution >= 4 is 34.5 Å². The fraction of sp³-hybridized carbons (Fsp3) is 0.105. The number of hydrogen-bond acceptors (Lipinski definition) is 7. The Bertz CT molecular complexity index is 987. The molecule has 0 bridgehead atoms. The number of amides is 1. The first-order valence-corrected chi connectivity index (χ1v) is 8.35. The molecule has 0 saturated heterocycles. The fourth-order valence-corrected chi connectivity index (χ4v) is 2.38. The number of anilines is 4. The number of nitro groups is 1. The summed E-state index contributed by atoms with van der Waals surface area (Å²) in [5.74, 6) is 0.258. The van der Waals surface area contributed by atoms with E-state index in [1.165, 1.54) is 24.3 Å². The third-order valence-corrected chi connectivity index (χ3v) is 3.91. The molecule has 142 valence electrons. The molecule has 0 aliphatic rings. The molecule has 1 heterocycles. The first kappa shape index (κ1) is 18.8. The van der Waals surface area contributed by atoms with Crippen LogP contribution < -0.4 is 15.5 Å². The second kappa shape index (κ2) is 8.12. The molecule has 3 rings (SSSR count). The number of carbonyl (C=O) groups excluding carboxylic acids is 1. The zero-order valence-electron chi connectivity index (χ0n) is 15.3. The minimum absolute atomic E-state index is 0.0617. The number of hydrogen-bond donors (Lipinski definition) is 2. The molecule has 1 aromatic heterocycles. The zero-order chi connectivity index (χ0) is 20.1. The van der Waals surface area contributed by atoms with Gasteiger partial charge in [0.2, 0.25) is 0 Å². The second-order valence-corrected chi connectivity index (χ2v) is 6.15.